The number of terminal acetylenes is 1. The Bertz CT molecular complexity index is 557. The molecular formula is C15H13NO. The number of aliphatic hydroxyl groups is 1. The van der Waals surface area contributed by atoms with Gasteiger partial charge in [-0.25, -0.2) is 4.85 Å². The molecule has 1 aromatic carbocycles. The first kappa shape index (κ1) is 11.5. The Morgan fingerprint density at radius 1 is 1.59 bits per heavy atom. The standard InChI is InChI=1S/C15H13NO/c1-4-5-14(17)15-10(2)8-11-9-12(16-3)6-7-13(11)15/h1,6-9,14-15,17H,5H2,2H3. The summed E-state index contributed by atoms with van der Waals surface area (Å²) < 4.78 is 0. The van der Waals surface area contributed by atoms with E-state index >= 15 is 0 Å². The van der Waals surface area contributed by atoms with Crippen molar-refractivity contribution >= 4 is 11.8 Å². The van der Waals surface area contributed by atoms with Gasteiger partial charge in [0.2, 0.25) is 0 Å². The molecule has 1 aliphatic carbocycles. The second-order valence-corrected chi connectivity index (χ2v) is 4.27. The van der Waals surface area contributed by atoms with Gasteiger partial charge in [0.05, 0.1) is 12.7 Å². The van der Waals surface area contributed by atoms with Crippen LogP contribution in [0.1, 0.15) is 30.4 Å². The van der Waals surface area contributed by atoms with Crippen LogP contribution in [0.3, 0.4) is 0 Å². The van der Waals surface area contributed by atoms with Crippen molar-refractivity contribution in [2.24, 2.45) is 0 Å². The van der Waals surface area contributed by atoms with Crippen molar-refractivity contribution in [3.05, 3.63) is 46.3 Å². The zero-order valence-electron chi connectivity index (χ0n) is 9.64. The van der Waals surface area contributed by atoms with E-state index in [4.69, 9.17) is 13.0 Å². The third kappa shape index (κ3) is 1.96. The van der Waals surface area contributed by atoms with Gasteiger partial charge in [-0.3, -0.25) is 0 Å². The fourth-order valence-electron chi connectivity index (χ4n) is 2.37. The summed E-state index contributed by atoms with van der Waals surface area (Å²) in [5.41, 5.74) is 3.82. The molecule has 1 aliphatic rings. The van der Waals surface area contributed by atoms with E-state index in [0.29, 0.717) is 12.1 Å². The Morgan fingerprint density at radius 3 is 3.00 bits per heavy atom. The SMILES string of the molecule is [C-]#[N+]c1ccc2c(c1)C=C(C)C2C(O)CC#C. The van der Waals surface area contributed by atoms with E-state index in [1.807, 2.05) is 25.1 Å². The summed E-state index contributed by atoms with van der Waals surface area (Å²) in [6, 6.07) is 5.56. The minimum absolute atomic E-state index is 0.0270. The minimum Gasteiger partial charge on any atom is -0.391 e. The summed E-state index contributed by atoms with van der Waals surface area (Å²) in [5, 5.41) is 10.0. The van der Waals surface area contributed by atoms with Gasteiger partial charge in [0.15, 0.2) is 5.69 Å². The van der Waals surface area contributed by atoms with E-state index in [2.05, 4.69) is 10.8 Å². The van der Waals surface area contributed by atoms with Gasteiger partial charge in [-0.05, 0) is 24.1 Å². The Morgan fingerprint density at radius 2 is 2.35 bits per heavy atom. The molecular weight excluding hydrogens is 210 g/mol. The fourth-order valence-corrected chi connectivity index (χ4v) is 2.37. The predicted octanol–water partition coefficient (Wildman–Crippen LogP) is 3.12. The summed E-state index contributed by atoms with van der Waals surface area (Å²) in [6.45, 7) is 8.97. The van der Waals surface area contributed by atoms with Gasteiger partial charge in [-0.1, -0.05) is 23.8 Å². The summed E-state index contributed by atoms with van der Waals surface area (Å²) in [7, 11) is 0. The molecule has 1 aromatic rings. The average Bonchev–Trinajstić information content (AvgIpc) is 2.64. The van der Waals surface area contributed by atoms with Gasteiger partial charge in [-0.15, -0.1) is 12.3 Å². The summed E-state index contributed by atoms with van der Waals surface area (Å²) >= 11 is 0. The molecule has 0 aromatic heterocycles. The van der Waals surface area contributed by atoms with E-state index in [1.54, 1.807) is 6.07 Å². The molecule has 0 amide bonds. The monoisotopic (exact) mass is 223 g/mol. The molecule has 17 heavy (non-hydrogen) atoms. The fraction of sp³-hybridized carbons (Fsp3) is 0.267. The topological polar surface area (TPSA) is 24.6 Å². The van der Waals surface area contributed by atoms with E-state index < -0.39 is 6.10 Å². The molecule has 2 unspecified atom stereocenters. The largest absolute Gasteiger partial charge is 0.391 e. The number of rotatable bonds is 2. The van der Waals surface area contributed by atoms with Crippen LogP contribution in [0.15, 0.2) is 23.8 Å². The Labute approximate surface area is 101 Å². The maximum atomic E-state index is 10.0. The van der Waals surface area contributed by atoms with Crippen molar-refractivity contribution in [3.63, 3.8) is 0 Å². The van der Waals surface area contributed by atoms with Crippen LogP contribution in [0.25, 0.3) is 10.9 Å². The van der Waals surface area contributed by atoms with Crippen molar-refractivity contribution in [1.82, 2.24) is 0 Å². The molecule has 1 N–H and O–H groups in total. The van der Waals surface area contributed by atoms with Crippen molar-refractivity contribution in [1.29, 1.82) is 0 Å². The maximum absolute atomic E-state index is 10.0. The summed E-state index contributed by atoms with van der Waals surface area (Å²) in [5.74, 6) is 2.47. The smallest absolute Gasteiger partial charge is 0.187 e. The second-order valence-electron chi connectivity index (χ2n) is 4.27. The van der Waals surface area contributed by atoms with Gasteiger partial charge in [-0.2, -0.15) is 0 Å². The number of benzene rings is 1. The van der Waals surface area contributed by atoms with Gasteiger partial charge in [0.1, 0.15) is 0 Å². The van der Waals surface area contributed by atoms with E-state index in [9.17, 15) is 5.11 Å². The highest BCUT2D eigenvalue weighted by molar-refractivity contribution is 5.70. The third-order valence-electron chi connectivity index (χ3n) is 3.12. The third-order valence-corrected chi connectivity index (χ3v) is 3.12. The van der Waals surface area contributed by atoms with Crippen LogP contribution < -0.4 is 0 Å². The predicted molar refractivity (Wildman–Crippen MR) is 68.6 cm³/mol. The number of hydrogen-bond acceptors (Lipinski definition) is 1. The molecule has 0 saturated carbocycles. The lowest BCUT2D eigenvalue weighted by atomic mass is 9.89. The molecule has 0 radical (unpaired) electrons. The Balaban J connectivity index is 2.41. The van der Waals surface area contributed by atoms with Crippen molar-refractivity contribution < 1.29 is 5.11 Å². The molecule has 2 rings (SSSR count). The average molecular weight is 223 g/mol. The molecule has 0 saturated heterocycles. The van der Waals surface area contributed by atoms with Crippen molar-refractivity contribution in [3.8, 4) is 12.3 Å². The van der Waals surface area contributed by atoms with Crippen LogP contribution in [0.4, 0.5) is 5.69 Å². The summed E-state index contributed by atoms with van der Waals surface area (Å²) in [6.07, 6.45) is 7.06. The van der Waals surface area contributed by atoms with Gasteiger partial charge >= 0.3 is 0 Å². The molecule has 0 heterocycles. The van der Waals surface area contributed by atoms with Gasteiger partial charge < -0.3 is 5.11 Å². The quantitative estimate of drug-likeness (QED) is 0.604. The molecule has 84 valence electrons. The zero-order valence-corrected chi connectivity index (χ0v) is 9.64. The molecule has 0 fully saturated rings. The molecule has 0 aliphatic heterocycles. The lowest BCUT2D eigenvalue weighted by Gasteiger charge is -2.19. The first-order valence-electron chi connectivity index (χ1n) is 5.48. The summed E-state index contributed by atoms with van der Waals surface area (Å²) in [4.78, 5) is 3.41. The second kappa shape index (κ2) is 4.45. The lowest BCUT2D eigenvalue weighted by molar-refractivity contribution is 0.162. The first-order valence-corrected chi connectivity index (χ1v) is 5.48. The number of hydrogen-bond donors (Lipinski definition) is 1. The van der Waals surface area contributed by atoms with Gasteiger partial charge in [0, 0.05) is 12.3 Å². The van der Waals surface area contributed by atoms with Crippen LogP contribution in [0.2, 0.25) is 0 Å². The molecule has 0 spiro atoms. The highest BCUT2D eigenvalue weighted by Crippen LogP contribution is 2.40. The molecule has 2 heteroatoms. The Hall–Kier alpha value is -2.03. The molecule has 2 atom stereocenters. The maximum Gasteiger partial charge on any atom is 0.187 e. The van der Waals surface area contributed by atoms with E-state index in [-0.39, 0.29) is 5.92 Å². The number of nitrogens with zero attached hydrogens (tertiary/aromatic N) is 1. The minimum atomic E-state index is -0.545. The Kier molecular flexibility index (Phi) is 3.00. The van der Waals surface area contributed by atoms with Crippen LogP contribution in [-0.4, -0.2) is 11.2 Å². The van der Waals surface area contributed by atoms with Crippen molar-refractivity contribution in [2.45, 2.75) is 25.4 Å². The highest BCUT2D eigenvalue weighted by atomic mass is 16.3. The number of fused-ring (bicyclic) bond motifs is 1. The van der Waals surface area contributed by atoms with Crippen molar-refractivity contribution in [2.75, 3.05) is 0 Å². The van der Waals surface area contributed by atoms with Gasteiger partial charge in [0.25, 0.3) is 0 Å². The van der Waals surface area contributed by atoms with E-state index in [1.165, 1.54) is 0 Å². The van der Waals surface area contributed by atoms with Crippen LogP contribution in [0, 0.1) is 18.9 Å². The zero-order chi connectivity index (χ0) is 12.4. The molecule has 2 nitrogen and oxygen atoms in total. The normalized spacial score (nSPS) is 18.8. The van der Waals surface area contributed by atoms with Crippen LogP contribution in [0.5, 0.6) is 0 Å². The molecule has 0 bridgehead atoms. The first-order chi connectivity index (χ1) is 8.17. The highest BCUT2D eigenvalue weighted by Gasteiger charge is 2.28. The lowest BCUT2D eigenvalue weighted by Crippen LogP contribution is -2.17. The number of aliphatic hydroxyl groups excluding tert-OH is 1. The van der Waals surface area contributed by atoms with E-state index in [0.717, 1.165) is 16.7 Å². The van der Waals surface area contributed by atoms with Crippen LogP contribution in [-0.2, 0) is 0 Å². The van der Waals surface area contributed by atoms with Crippen LogP contribution >= 0.6 is 0 Å².